The fourth-order valence-electron chi connectivity index (χ4n) is 4.20. The number of nitrogens with two attached hydrogens (primary N) is 1. The summed E-state index contributed by atoms with van der Waals surface area (Å²) >= 11 is 0. The Morgan fingerprint density at radius 2 is 1.74 bits per heavy atom. The standard InChI is InChI=1S/C26H34N4O4S/c1-3-30(4-2)35(33,34)24-14-9-20(10-15-24)11-16-25(31)28-23-12-7-21(8-13-23)18-29-17-5-6-22(19-29)26(27)32/h7-16,22H,3-6,17-19H2,1-2H3,(H2,27,32)(H,28,31)/b16-11+. The summed E-state index contributed by atoms with van der Waals surface area (Å²) in [6, 6.07) is 14.1. The number of nitrogens with one attached hydrogen (secondary N) is 1. The molecule has 0 spiro atoms. The van der Waals surface area contributed by atoms with Crippen LogP contribution in [0.4, 0.5) is 5.69 Å². The maximum atomic E-state index is 12.6. The van der Waals surface area contributed by atoms with Crippen LogP contribution in [0.5, 0.6) is 0 Å². The molecule has 1 aliphatic rings. The van der Waals surface area contributed by atoms with Gasteiger partial charge in [-0.25, -0.2) is 8.42 Å². The van der Waals surface area contributed by atoms with Crippen molar-refractivity contribution in [2.75, 3.05) is 31.5 Å². The third-order valence-corrected chi connectivity index (χ3v) is 8.25. The van der Waals surface area contributed by atoms with E-state index < -0.39 is 10.0 Å². The maximum absolute atomic E-state index is 12.6. The summed E-state index contributed by atoms with van der Waals surface area (Å²) in [5.41, 5.74) is 7.96. The molecule has 9 heteroatoms. The molecule has 3 N–H and O–H groups in total. The molecule has 188 valence electrons. The molecule has 35 heavy (non-hydrogen) atoms. The van der Waals surface area contributed by atoms with Crippen molar-refractivity contribution in [1.82, 2.24) is 9.21 Å². The molecule has 1 saturated heterocycles. The number of primary amides is 1. The van der Waals surface area contributed by atoms with Gasteiger partial charge in [0.25, 0.3) is 0 Å². The van der Waals surface area contributed by atoms with Crippen LogP contribution in [0.1, 0.15) is 37.8 Å². The molecule has 2 amide bonds. The van der Waals surface area contributed by atoms with Gasteiger partial charge in [0.2, 0.25) is 21.8 Å². The van der Waals surface area contributed by atoms with Crippen LogP contribution < -0.4 is 11.1 Å². The Morgan fingerprint density at radius 1 is 1.09 bits per heavy atom. The van der Waals surface area contributed by atoms with Crippen molar-refractivity contribution in [3.8, 4) is 0 Å². The van der Waals surface area contributed by atoms with E-state index in [0.717, 1.165) is 37.1 Å². The molecular weight excluding hydrogens is 464 g/mol. The topological polar surface area (TPSA) is 113 Å². The van der Waals surface area contributed by atoms with Crippen molar-refractivity contribution in [3.05, 3.63) is 65.7 Å². The Labute approximate surface area is 207 Å². The summed E-state index contributed by atoms with van der Waals surface area (Å²) in [6.07, 6.45) is 4.87. The maximum Gasteiger partial charge on any atom is 0.248 e. The molecule has 0 aromatic heterocycles. The molecule has 8 nitrogen and oxygen atoms in total. The number of rotatable bonds is 10. The molecule has 3 rings (SSSR count). The van der Waals surface area contributed by atoms with Crippen LogP contribution in [-0.4, -0.2) is 55.6 Å². The zero-order chi connectivity index (χ0) is 25.4. The quantitative estimate of drug-likeness (QED) is 0.489. The Morgan fingerprint density at radius 3 is 2.34 bits per heavy atom. The number of likely N-dealkylation sites (tertiary alicyclic amines) is 1. The minimum absolute atomic E-state index is 0.0860. The highest BCUT2D eigenvalue weighted by Gasteiger charge is 2.24. The van der Waals surface area contributed by atoms with Gasteiger partial charge in [0.15, 0.2) is 0 Å². The summed E-state index contributed by atoms with van der Waals surface area (Å²) in [5, 5.41) is 2.83. The average molecular weight is 499 g/mol. The van der Waals surface area contributed by atoms with Crippen LogP contribution in [0.2, 0.25) is 0 Å². The normalized spacial score (nSPS) is 17.1. The minimum Gasteiger partial charge on any atom is -0.369 e. The van der Waals surface area contributed by atoms with Crippen molar-refractivity contribution in [3.63, 3.8) is 0 Å². The highest BCUT2D eigenvalue weighted by atomic mass is 32.2. The molecule has 1 aliphatic heterocycles. The van der Waals surface area contributed by atoms with Crippen LogP contribution in [0, 0.1) is 5.92 Å². The van der Waals surface area contributed by atoms with Gasteiger partial charge in [0.05, 0.1) is 10.8 Å². The van der Waals surface area contributed by atoms with Gasteiger partial charge < -0.3 is 11.1 Å². The zero-order valence-corrected chi connectivity index (χ0v) is 21.1. The van der Waals surface area contributed by atoms with Crippen LogP contribution in [0.25, 0.3) is 6.08 Å². The molecule has 1 atom stereocenters. The summed E-state index contributed by atoms with van der Waals surface area (Å²) < 4.78 is 26.6. The second-order valence-corrected chi connectivity index (χ2v) is 10.6. The summed E-state index contributed by atoms with van der Waals surface area (Å²) in [7, 11) is -3.50. The van der Waals surface area contributed by atoms with Gasteiger partial charge >= 0.3 is 0 Å². The highest BCUT2D eigenvalue weighted by Crippen LogP contribution is 2.20. The molecule has 2 aromatic carbocycles. The van der Waals surface area contributed by atoms with E-state index in [1.807, 2.05) is 24.3 Å². The Balaban J connectivity index is 1.54. The number of piperidine rings is 1. The number of hydrogen-bond donors (Lipinski definition) is 2. The lowest BCUT2D eigenvalue weighted by molar-refractivity contribution is -0.123. The second kappa shape index (κ2) is 12.1. The van der Waals surface area contributed by atoms with E-state index in [9.17, 15) is 18.0 Å². The fourth-order valence-corrected chi connectivity index (χ4v) is 5.66. The Hall–Kier alpha value is -3.01. The predicted octanol–water partition coefficient (Wildman–Crippen LogP) is 3.07. The Bertz CT molecular complexity index is 1140. The van der Waals surface area contributed by atoms with Crippen molar-refractivity contribution in [2.45, 2.75) is 38.1 Å². The van der Waals surface area contributed by atoms with E-state index in [0.29, 0.717) is 25.3 Å². The molecule has 1 heterocycles. The Kier molecular flexibility index (Phi) is 9.20. The summed E-state index contributed by atoms with van der Waals surface area (Å²) in [4.78, 5) is 26.3. The van der Waals surface area contributed by atoms with Gasteiger partial charge in [-0.15, -0.1) is 0 Å². The molecule has 0 saturated carbocycles. The van der Waals surface area contributed by atoms with Gasteiger partial charge in [-0.05, 0) is 60.9 Å². The molecule has 1 unspecified atom stereocenters. The molecule has 0 aliphatic carbocycles. The van der Waals surface area contributed by atoms with Crippen molar-refractivity contribution < 1.29 is 18.0 Å². The summed E-state index contributed by atoms with van der Waals surface area (Å²) in [6.45, 7) is 6.79. The number of benzene rings is 2. The van der Waals surface area contributed by atoms with E-state index in [1.54, 1.807) is 44.2 Å². The van der Waals surface area contributed by atoms with Gasteiger partial charge in [-0.2, -0.15) is 4.31 Å². The lowest BCUT2D eigenvalue weighted by Crippen LogP contribution is -2.40. The predicted molar refractivity (Wildman–Crippen MR) is 138 cm³/mol. The third kappa shape index (κ3) is 7.24. The van der Waals surface area contributed by atoms with E-state index >= 15 is 0 Å². The van der Waals surface area contributed by atoms with Gasteiger partial charge in [0, 0.05) is 37.9 Å². The van der Waals surface area contributed by atoms with Crippen LogP contribution in [-0.2, 0) is 26.2 Å². The van der Waals surface area contributed by atoms with E-state index in [-0.39, 0.29) is 22.6 Å². The SMILES string of the molecule is CCN(CC)S(=O)(=O)c1ccc(/C=C/C(=O)Nc2ccc(CN3CCCC(C(N)=O)C3)cc2)cc1. The lowest BCUT2D eigenvalue weighted by Gasteiger charge is -2.31. The largest absolute Gasteiger partial charge is 0.369 e. The number of nitrogens with zero attached hydrogens (tertiary/aromatic N) is 2. The first-order chi connectivity index (χ1) is 16.7. The average Bonchev–Trinajstić information content (AvgIpc) is 2.85. The van der Waals surface area contributed by atoms with Crippen LogP contribution in [0.3, 0.4) is 0 Å². The number of hydrogen-bond acceptors (Lipinski definition) is 5. The summed E-state index contributed by atoms with van der Waals surface area (Å²) in [5.74, 6) is -0.601. The molecule has 0 radical (unpaired) electrons. The first-order valence-corrected chi connectivity index (χ1v) is 13.4. The number of sulfonamides is 1. The van der Waals surface area contributed by atoms with Gasteiger partial charge in [0.1, 0.15) is 0 Å². The molecular formula is C26H34N4O4S. The number of amides is 2. The molecule has 1 fully saturated rings. The van der Waals surface area contributed by atoms with E-state index in [4.69, 9.17) is 5.73 Å². The van der Waals surface area contributed by atoms with Crippen molar-refractivity contribution >= 4 is 33.6 Å². The van der Waals surface area contributed by atoms with Crippen LogP contribution >= 0.6 is 0 Å². The number of carbonyl (C=O) groups is 2. The van der Waals surface area contributed by atoms with Crippen LogP contribution in [0.15, 0.2) is 59.5 Å². The highest BCUT2D eigenvalue weighted by molar-refractivity contribution is 7.89. The molecule has 2 aromatic rings. The van der Waals surface area contributed by atoms with Crippen molar-refractivity contribution in [1.29, 1.82) is 0 Å². The minimum atomic E-state index is -3.50. The third-order valence-electron chi connectivity index (χ3n) is 6.19. The lowest BCUT2D eigenvalue weighted by atomic mass is 9.97. The second-order valence-electron chi connectivity index (χ2n) is 8.65. The fraction of sp³-hybridized carbons (Fsp3) is 0.385. The number of carbonyl (C=O) groups excluding carboxylic acids is 2. The van der Waals surface area contributed by atoms with E-state index in [1.165, 1.54) is 10.4 Å². The van der Waals surface area contributed by atoms with E-state index in [2.05, 4.69) is 10.2 Å². The first kappa shape index (κ1) is 26.6. The number of anilines is 1. The first-order valence-electron chi connectivity index (χ1n) is 11.9. The van der Waals surface area contributed by atoms with Crippen molar-refractivity contribution in [2.24, 2.45) is 11.7 Å². The van der Waals surface area contributed by atoms with Gasteiger partial charge in [-0.3, -0.25) is 14.5 Å². The molecule has 0 bridgehead atoms. The van der Waals surface area contributed by atoms with Gasteiger partial charge in [-0.1, -0.05) is 38.1 Å². The monoisotopic (exact) mass is 498 g/mol. The zero-order valence-electron chi connectivity index (χ0n) is 20.3. The smallest absolute Gasteiger partial charge is 0.248 e.